The molecule has 4 aliphatic rings. The summed E-state index contributed by atoms with van der Waals surface area (Å²) in [7, 11) is 0. The van der Waals surface area contributed by atoms with Gasteiger partial charge in [0, 0.05) is 17.2 Å². The minimum absolute atomic E-state index is 0.352. The number of ketones is 1. The molecule has 0 aliphatic heterocycles. The minimum Gasteiger partial charge on any atom is -0.293 e. The molecule has 0 heterocycles. The van der Waals surface area contributed by atoms with Crippen LogP contribution in [0.15, 0.2) is 22.6 Å². The van der Waals surface area contributed by atoms with E-state index >= 15 is 0 Å². The Labute approximate surface area is 132 Å². The van der Waals surface area contributed by atoms with Gasteiger partial charge in [0.15, 0.2) is 5.78 Å². The predicted octanol–water partition coefficient (Wildman–Crippen LogP) is 4.99. The molecule has 0 saturated heterocycles. The van der Waals surface area contributed by atoms with E-state index in [2.05, 4.69) is 19.1 Å². The first kappa shape index (κ1) is 14.1. The second kappa shape index (κ2) is 5.01. The first-order chi connectivity index (χ1) is 10.1. The second-order valence-electron chi connectivity index (χ2n) is 7.89. The third kappa shape index (κ3) is 2.09. The summed E-state index contributed by atoms with van der Waals surface area (Å²) < 4.78 is 0. The topological polar surface area (TPSA) is 17.1 Å². The molecule has 0 aromatic heterocycles. The Morgan fingerprint density at radius 1 is 1.24 bits per heavy atom. The van der Waals surface area contributed by atoms with Crippen molar-refractivity contribution >= 4 is 17.5 Å². The summed E-state index contributed by atoms with van der Waals surface area (Å²) in [5, 5.41) is 0. The summed E-state index contributed by atoms with van der Waals surface area (Å²) in [6.45, 7) is 2.55. The van der Waals surface area contributed by atoms with E-state index in [1.54, 1.807) is 11.8 Å². The van der Waals surface area contributed by atoms with Crippen molar-refractivity contribution in [2.24, 2.45) is 29.1 Å². The number of rotatable bonds is 1. The maximum atomic E-state index is 12.1. The fourth-order valence-corrected chi connectivity index (χ4v) is 6.51. The lowest BCUT2D eigenvalue weighted by Gasteiger charge is -2.51. The van der Waals surface area contributed by atoms with E-state index in [1.807, 2.05) is 6.26 Å². The van der Waals surface area contributed by atoms with Crippen LogP contribution in [0.5, 0.6) is 0 Å². The maximum absolute atomic E-state index is 12.1. The molecule has 114 valence electrons. The van der Waals surface area contributed by atoms with Crippen molar-refractivity contribution in [3.63, 3.8) is 0 Å². The fraction of sp³-hybridized carbons (Fsp3) is 0.737. The van der Waals surface area contributed by atoms with E-state index in [0.717, 1.165) is 22.7 Å². The number of carbonyl (C=O) groups is 1. The molecule has 4 aliphatic carbocycles. The zero-order valence-corrected chi connectivity index (χ0v) is 14.0. The van der Waals surface area contributed by atoms with E-state index in [-0.39, 0.29) is 0 Å². The van der Waals surface area contributed by atoms with Crippen molar-refractivity contribution in [2.75, 3.05) is 6.26 Å². The normalized spacial score (nSPS) is 45.3. The highest BCUT2D eigenvalue weighted by atomic mass is 32.2. The molecule has 0 radical (unpaired) electrons. The highest BCUT2D eigenvalue weighted by molar-refractivity contribution is 8.03. The van der Waals surface area contributed by atoms with Gasteiger partial charge in [-0.1, -0.05) is 31.1 Å². The summed E-state index contributed by atoms with van der Waals surface area (Å²) in [6.07, 6.45) is 15.9. The van der Waals surface area contributed by atoms with Crippen molar-refractivity contribution in [3.8, 4) is 0 Å². The molecule has 2 heteroatoms. The number of hydrogen-bond acceptors (Lipinski definition) is 2. The molecule has 0 bridgehead atoms. The second-order valence-corrected chi connectivity index (χ2v) is 8.74. The molecule has 0 aromatic rings. The molecule has 0 amide bonds. The first-order valence-corrected chi connectivity index (χ1v) is 9.83. The van der Waals surface area contributed by atoms with Gasteiger partial charge >= 0.3 is 0 Å². The SMILES string of the molecule is CSC1=C[C@H]2C(=CC[C@@H]3[C@@H]2CC[C@]2(C)CCC[C@@H]32)CC1=O. The lowest BCUT2D eigenvalue weighted by atomic mass is 9.54. The van der Waals surface area contributed by atoms with Crippen LogP contribution < -0.4 is 0 Å². The van der Waals surface area contributed by atoms with Crippen LogP contribution in [-0.4, -0.2) is 12.0 Å². The van der Waals surface area contributed by atoms with Crippen LogP contribution in [0.25, 0.3) is 0 Å². The zero-order valence-electron chi connectivity index (χ0n) is 13.2. The van der Waals surface area contributed by atoms with Gasteiger partial charge in [0.1, 0.15) is 0 Å². The summed E-state index contributed by atoms with van der Waals surface area (Å²) in [4.78, 5) is 13.2. The molecular weight excluding hydrogens is 276 g/mol. The third-order valence-corrected chi connectivity index (χ3v) is 7.81. The highest BCUT2D eigenvalue weighted by Gasteiger charge is 2.51. The summed E-state index contributed by atoms with van der Waals surface area (Å²) in [5.41, 5.74) is 2.07. The maximum Gasteiger partial charge on any atom is 0.172 e. The molecule has 2 saturated carbocycles. The molecule has 0 unspecified atom stereocenters. The third-order valence-electron chi connectivity index (χ3n) is 7.01. The van der Waals surface area contributed by atoms with Gasteiger partial charge in [-0.15, -0.1) is 11.8 Å². The van der Waals surface area contributed by atoms with Crippen LogP contribution in [0.3, 0.4) is 0 Å². The van der Waals surface area contributed by atoms with Gasteiger partial charge in [-0.3, -0.25) is 4.79 Å². The Balaban J connectivity index is 1.68. The number of carbonyl (C=O) groups excluding carboxylic acids is 1. The van der Waals surface area contributed by atoms with E-state index in [0.29, 0.717) is 23.5 Å². The quantitative estimate of drug-likeness (QED) is 0.635. The van der Waals surface area contributed by atoms with E-state index in [4.69, 9.17) is 0 Å². The fourth-order valence-electron chi connectivity index (χ4n) is 5.92. The Bertz CT molecular complexity index is 532. The number of Topliss-reactive ketones (excluding diaryl/α,β-unsaturated/α-hetero) is 1. The minimum atomic E-state index is 0.352. The van der Waals surface area contributed by atoms with Gasteiger partial charge < -0.3 is 0 Å². The number of thioether (sulfide) groups is 1. The monoisotopic (exact) mass is 302 g/mol. The number of hydrogen-bond donors (Lipinski definition) is 0. The molecule has 0 aromatic carbocycles. The Morgan fingerprint density at radius 2 is 2.10 bits per heavy atom. The lowest BCUT2D eigenvalue weighted by molar-refractivity contribution is -0.114. The van der Waals surface area contributed by atoms with Crippen LogP contribution in [0.1, 0.15) is 51.9 Å². The standard InChI is InChI=1S/C19H26OS/c1-19-8-3-4-16(19)14-6-5-12-10-17(20)18(21-2)11-15(12)13(14)7-9-19/h5,11,13-16H,3-4,6-10H2,1-2H3/t13-,14+,15-,16-,19-/m0/s1. The molecule has 4 rings (SSSR count). The molecular formula is C19H26OS. The smallest absolute Gasteiger partial charge is 0.172 e. The molecule has 0 spiro atoms. The zero-order chi connectivity index (χ0) is 14.6. The van der Waals surface area contributed by atoms with Gasteiger partial charge in [-0.2, -0.15) is 0 Å². The molecule has 1 nitrogen and oxygen atoms in total. The Morgan fingerprint density at radius 3 is 2.90 bits per heavy atom. The van der Waals surface area contributed by atoms with Gasteiger partial charge in [-0.05, 0) is 61.5 Å². The average Bonchev–Trinajstić information content (AvgIpc) is 2.88. The lowest BCUT2D eigenvalue weighted by Crippen LogP contribution is -2.43. The molecule has 5 atom stereocenters. The molecule has 2 fully saturated rings. The largest absolute Gasteiger partial charge is 0.293 e. The van der Waals surface area contributed by atoms with E-state index in [9.17, 15) is 4.79 Å². The Kier molecular flexibility index (Phi) is 3.37. The van der Waals surface area contributed by atoms with Crippen molar-refractivity contribution < 1.29 is 4.79 Å². The predicted molar refractivity (Wildman–Crippen MR) is 89.1 cm³/mol. The van der Waals surface area contributed by atoms with Crippen LogP contribution in [0.4, 0.5) is 0 Å². The van der Waals surface area contributed by atoms with Crippen LogP contribution >= 0.6 is 11.8 Å². The van der Waals surface area contributed by atoms with E-state index in [1.165, 1.54) is 44.1 Å². The summed E-state index contributed by atoms with van der Waals surface area (Å²) >= 11 is 1.65. The highest BCUT2D eigenvalue weighted by Crippen LogP contribution is 2.60. The van der Waals surface area contributed by atoms with Gasteiger partial charge in [-0.25, -0.2) is 0 Å². The Hall–Kier alpha value is -0.500. The van der Waals surface area contributed by atoms with Crippen molar-refractivity contribution in [1.82, 2.24) is 0 Å². The van der Waals surface area contributed by atoms with Crippen LogP contribution in [-0.2, 0) is 4.79 Å². The summed E-state index contributed by atoms with van der Waals surface area (Å²) in [5.74, 6) is 3.57. The number of allylic oxidation sites excluding steroid dienone is 4. The first-order valence-electron chi connectivity index (χ1n) is 8.60. The number of fused-ring (bicyclic) bond motifs is 5. The van der Waals surface area contributed by atoms with E-state index < -0.39 is 0 Å². The van der Waals surface area contributed by atoms with Crippen molar-refractivity contribution in [3.05, 3.63) is 22.6 Å². The average molecular weight is 302 g/mol. The van der Waals surface area contributed by atoms with Crippen LogP contribution in [0.2, 0.25) is 0 Å². The van der Waals surface area contributed by atoms with Gasteiger partial charge in [0.25, 0.3) is 0 Å². The summed E-state index contributed by atoms with van der Waals surface area (Å²) in [6, 6.07) is 0. The van der Waals surface area contributed by atoms with Crippen molar-refractivity contribution in [2.45, 2.75) is 51.9 Å². The van der Waals surface area contributed by atoms with Crippen LogP contribution in [0, 0.1) is 29.1 Å². The van der Waals surface area contributed by atoms with Gasteiger partial charge in [0.05, 0.1) is 0 Å². The van der Waals surface area contributed by atoms with Crippen molar-refractivity contribution in [1.29, 1.82) is 0 Å². The van der Waals surface area contributed by atoms with Gasteiger partial charge in [0.2, 0.25) is 0 Å². The molecule has 21 heavy (non-hydrogen) atoms. The molecule has 0 N–H and O–H groups in total.